The van der Waals surface area contributed by atoms with E-state index in [-0.39, 0.29) is 0 Å². The van der Waals surface area contributed by atoms with Crippen molar-refractivity contribution in [2.45, 2.75) is 142 Å². The zero-order valence-corrected chi connectivity index (χ0v) is 36.3. The Labute approximate surface area is 313 Å². The summed E-state index contributed by atoms with van der Waals surface area (Å²) in [5, 5.41) is 0. The van der Waals surface area contributed by atoms with E-state index in [1.807, 2.05) is 45.9 Å². The molecular formula is C46H84N4. The van der Waals surface area contributed by atoms with E-state index in [1.54, 1.807) is 12.4 Å². The van der Waals surface area contributed by atoms with E-state index in [1.165, 1.54) is 48.6 Å². The van der Waals surface area contributed by atoms with Crippen molar-refractivity contribution in [3.63, 3.8) is 0 Å². The van der Waals surface area contributed by atoms with Gasteiger partial charge in [0.25, 0.3) is 0 Å². The molecule has 0 unspecified atom stereocenters. The number of nitrogens with zero attached hydrogens (tertiary/aromatic N) is 4. The van der Waals surface area contributed by atoms with Crippen molar-refractivity contribution in [2.75, 3.05) is 38.1 Å². The molecule has 0 atom stereocenters. The summed E-state index contributed by atoms with van der Waals surface area (Å²) in [5.41, 5.74) is 5.27. The van der Waals surface area contributed by atoms with Gasteiger partial charge in [-0.1, -0.05) is 148 Å². The van der Waals surface area contributed by atoms with E-state index in [2.05, 4.69) is 152 Å². The molecule has 1 aliphatic rings. The molecule has 50 heavy (non-hydrogen) atoms. The molecule has 4 nitrogen and oxygen atoms in total. The topological polar surface area (TPSA) is 32.3 Å². The van der Waals surface area contributed by atoms with Crippen molar-refractivity contribution in [1.82, 2.24) is 14.9 Å². The summed E-state index contributed by atoms with van der Waals surface area (Å²) in [5.74, 6) is 3.78. The van der Waals surface area contributed by atoms with Crippen LogP contribution in [0.2, 0.25) is 0 Å². The molecule has 1 fully saturated rings. The molecule has 1 aliphatic heterocycles. The van der Waals surface area contributed by atoms with Gasteiger partial charge in [0, 0.05) is 55.6 Å². The maximum absolute atomic E-state index is 4.65. The molecule has 288 valence electrons. The lowest BCUT2D eigenvalue weighted by Gasteiger charge is -2.34. The van der Waals surface area contributed by atoms with E-state index < -0.39 is 0 Å². The Morgan fingerprint density at radius 2 is 0.940 bits per heavy atom. The number of anilines is 1. The Bertz CT molecular complexity index is 1010. The van der Waals surface area contributed by atoms with Crippen LogP contribution in [-0.2, 0) is 12.8 Å². The lowest BCUT2D eigenvalue weighted by atomic mass is 10.0. The van der Waals surface area contributed by atoms with Crippen molar-refractivity contribution in [1.29, 1.82) is 0 Å². The quantitative estimate of drug-likeness (QED) is 0.235. The second kappa shape index (κ2) is 34.7. The molecule has 0 radical (unpaired) electrons. The predicted molar refractivity (Wildman–Crippen MR) is 229 cm³/mol. The Kier molecular flexibility index (Phi) is 35.9. The minimum atomic E-state index is 0.626. The molecule has 1 aromatic carbocycles. The zero-order valence-electron chi connectivity index (χ0n) is 36.3. The first-order valence-electron chi connectivity index (χ1n) is 20.1. The van der Waals surface area contributed by atoms with Crippen LogP contribution in [-0.4, -0.2) is 48.1 Å². The summed E-state index contributed by atoms with van der Waals surface area (Å²) in [7, 11) is 2.19. The van der Waals surface area contributed by atoms with Crippen LogP contribution in [0.15, 0.2) is 73.1 Å². The molecule has 2 aromatic heterocycles. The van der Waals surface area contributed by atoms with Gasteiger partial charge in [0.15, 0.2) is 0 Å². The van der Waals surface area contributed by atoms with Gasteiger partial charge >= 0.3 is 0 Å². The van der Waals surface area contributed by atoms with E-state index in [4.69, 9.17) is 0 Å². The normalized spacial score (nSPS) is 12.1. The van der Waals surface area contributed by atoms with E-state index >= 15 is 0 Å². The Morgan fingerprint density at radius 1 is 0.540 bits per heavy atom. The molecule has 0 saturated carbocycles. The number of pyridine rings is 2. The third kappa shape index (κ3) is 31.3. The van der Waals surface area contributed by atoms with Crippen LogP contribution in [0.3, 0.4) is 0 Å². The van der Waals surface area contributed by atoms with Crippen LogP contribution in [0.25, 0.3) is 0 Å². The third-order valence-corrected chi connectivity index (χ3v) is 7.73. The smallest absolute Gasteiger partial charge is 0.0409 e. The number of benzene rings is 1. The van der Waals surface area contributed by atoms with Gasteiger partial charge in [-0.05, 0) is 91.4 Å². The van der Waals surface area contributed by atoms with Gasteiger partial charge < -0.3 is 9.80 Å². The number of likely N-dealkylation sites (N-methyl/N-ethyl adjacent to an activating group) is 1. The molecule has 3 aromatic rings. The van der Waals surface area contributed by atoms with Crippen molar-refractivity contribution in [3.05, 3.63) is 90.0 Å². The Hall–Kier alpha value is -2.72. The number of rotatable bonds is 8. The lowest BCUT2D eigenvalue weighted by Crippen LogP contribution is -2.44. The van der Waals surface area contributed by atoms with Gasteiger partial charge in [-0.15, -0.1) is 0 Å². The number of aromatic nitrogens is 2. The fourth-order valence-electron chi connectivity index (χ4n) is 4.04. The SMILES string of the molecule is CC.CC.CC(C)Cc1cccc(CC(C)C)n1.CC(C)c1ccc(N2CCN(C)CC2)cc1.CCC(C)C.CCC(C)C.c1ccncc1. The monoisotopic (exact) mass is 693 g/mol. The summed E-state index contributed by atoms with van der Waals surface area (Å²) in [6, 6.07) is 21.2. The first-order chi connectivity index (χ1) is 23.8. The van der Waals surface area contributed by atoms with Crippen LogP contribution in [0.1, 0.15) is 146 Å². The molecular weight excluding hydrogens is 609 g/mol. The molecule has 4 rings (SSSR count). The van der Waals surface area contributed by atoms with E-state index in [9.17, 15) is 0 Å². The lowest BCUT2D eigenvalue weighted by molar-refractivity contribution is 0.313. The Morgan fingerprint density at radius 3 is 1.22 bits per heavy atom. The molecule has 4 heteroatoms. The number of hydrogen-bond acceptors (Lipinski definition) is 4. The maximum atomic E-state index is 4.65. The maximum Gasteiger partial charge on any atom is 0.0409 e. The minimum Gasteiger partial charge on any atom is -0.369 e. The van der Waals surface area contributed by atoms with Gasteiger partial charge in [0.1, 0.15) is 0 Å². The highest BCUT2D eigenvalue weighted by atomic mass is 15.2. The average Bonchev–Trinajstić information content (AvgIpc) is 3.12. The summed E-state index contributed by atoms with van der Waals surface area (Å²) in [6.07, 6.45) is 8.29. The van der Waals surface area contributed by atoms with E-state index in [0.717, 1.165) is 37.8 Å². The Balaban J connectivity index is -0.000000585. The zero-order chi connectivity index (χ0) is 38.9. The van der Waals surface area contributed by atoms with Crippen molar-refractivity contribution in [3.8, 4) is 0 Å². The third-order valence-electron chi connectivity index (χ3n) is 7.73. The van der Waals surface area contributed by atoms with Crippen molar-refractivity contribution in [2.24, 2.45) is 23.7 Å². The van der Waals surface area contributed by atoms with Gasteiger partial charge in [0.2, 0.25) is 0 Å². The molecule has 3 heterocycles. The molecule has 0 amide bonds. The second-order valence-corrected chi connectivity index (χ2v) is 14.5. The second-order valence-electron chi connectivity index (χ2n) is 14.5. The van der Waals surface area contributed by atoms with Crippen LogP contribution >= 0.6 is 0 Å². The number of piperazine rings is 1. The molecule has 0 aliphatic carbocycles. The highest BCUT2D eigenvalue weighted by molar-refractivity contribution is 5.48. The van der Waals surface area contributed by atoms with Crippen LogP contribution in [0.5, 0.6) is 0 Å². The van der Waals surface area contributed by atoms with Gasteiger partial charge in [-0.25, -0.2) is 0 Å². The fraction of sp³-hybridized carbons (Fsp3) is 0.652. The highest BCUT2D eigenvalue weighted by Crippen LogP contribution is 2.21. The average molecular weight is 693 g/mol. The van der Waals surface area contributed by atoms with Gasteiger partial charge in [-0.2, -0.15) is 0 Å². The van der Waals surface area contributed by atoms with Crippen LogP contribution in [0.4, 0.5) is 5.69 Å². The predicted octanol–water partition coefficient (Wildman–Crippen LogP) is 13.3. The van der Waals surface area contributed by atoms with Crippen molar-refractivity contribution < 1.29 is 0 Å². The fourth-order valence-corrected chi connectivity index (χ4v) is 4.04. The first kappa shape index (κ1) is 51.6. The largest absolute Gasteiger partial charge is 0.369 e. The molecule has 0 spiro atoms. The molecule has 0 bridgehead atoms. The summed E-state index contributed by atoms with van der Waals surface area (Å²) in [4.78, 5) is 13.3. The summed E-state index contributed by atoms with van der Waals surface area (Å²) in [6.45, 7) is 39.3. The van der Waals surface area contributed by atoms with Gasteiger partial charge in [-0.3, -0.25) is 9.97 Å². The van der Waals surface area contributed by atoms with E-state index in [0.29, 0.717) is 17.8 Å². The number of hydrogen-bond donors (Lipinski definition) is 0. The summed E-state index contributed by atoms with van der Waals surface area (Å²) >= 11 is 0. The highest BCUT2D eigenvalue weighted by Gasteiger charge is 2.14. The summed E-state index contributed by atoms with van der Waals surface area (Å²) < 4.78 is 0. The van der Waals surface area contributed by atoms with Crippen molar-refractivity contribution >= 4 is 5.69 Å². The standard InChI is InChI=1S/C14H22N2.C13H21N.C5H5N.2C5H12.2C2H6/c1-12(2)13-4-6-14(7-5-13)16-10-8-15(3)9-11-16;1-10(2)8-12-6-5-7-13(14-12)9-11(3)4;1-2-4-6-5-3-1;2*1-4-5(2)3;2*1-2/h4-7,12H,8-11H2,1-3H3;5-7,10-11H,8-9H2,1-4H3;1-5H;2*5H,4H2,1-3H3;2*1-2H3. The van der Waals surface area contributed by atoms with Crippen LogP contribution < -0.4 is 4.90 Å². The van der Waals surface area contributed by atoms with Gasteiger partial charge in [0.05, 0.1) is 0 Å². The minimum absolute atomic E-state index is 0.626. The molecule has 1 saturated heterocycles. The molecule has 0 N–H and O–H groups in total. The first-order valence-corrected chi connectivity index (χ1v) is 20.1. The van der Waals surface area contributed by atoms with Crippen LogP contribution in [0, 0.1) is 23.7 Å².